The van der Waals surface area contributed by atoms with Crippen LogP contribution >= 0.6 is 12.4 Å². The zero-order valence-corrected chi connectivity index (χ0v) is 13.3. The lowest BCUT2D eigenvalue weighted by molar-refractivity contribution is -0.387. The van der Waals surface area contributed by atoms with Crippen LogP contribution in [0.4, 0.5) is 5.69 Å². The molecule has 0 bridgehead atoms. The molecule has 1 saturated heterocycles. The average molecular weight is 350 g/mol. The summed E-state index contributed by atoms with van der Waals surface area (Å²) in [6, 6.07) is 3.59. The molecule has 0 radical (unpaired) electrons. The largest absolute Gasteiger partial charge is 0.497 e. The molecule has 1 aliphatic carbocycles. The van der Waals surface area contributed by atoms with Crippen molar-refractivity contribution in [3.05, 3.63) is 28.3 Å². The van der Waals surface area contributed by atoms with Crippen LogP contribution in [0.5, 0.6) is 5.75 Å². The van der Waals surface area contributed by atoms with Gasteiger partial charge in [-0.2, -0.15) is 0 Å². The zero-order chi connectivity index (χ0) is 15.2. The second-order valence-electron chi connectivity index (χ2n) is 5.22. The minimum atomic E-state index is -3.91. The van der Waals surface area contributed by atoms with E-state index < -0.39 is 20.6 Å². The number of nitrogens with one attached hydrogen (secondary N) is 2. The van der Waals surface area contributed by atoms with Crippen LogP contribution < -0.4 is 14.8 Å². The maximum absolute atomic E-state index is 12.4. The monoisotopic (exact) mass is 349 g/mol. The van der Waals surface area contributed by atoms with Crippen molar-refractivity contribution in [3.63, 3.8) is 0 Å². The van der Waals surface area contributed by atoms with Gasteiger partial charge in [0.25, 0.3) is 5.69 Å². The lowest BCUT2D eigenvalue weighted by Gasteiger charge is -2.10. The molecule has 3 rings (SSSR count). The summed E-state index contributed by atoms with van der Waals surface area (Å²) in [4.78, 5) is 10.0. The topological polar surface area (TPSA) is 111 Å². The number of nitro groups is 1. The van der Waals surface area contributed by atoms with Gasteiger partial charge in [-0.25, -0.2) is 13.1 Å². The van der Waals surface area contributed by atoms with Crippen LogP contribution in [0.1, 0.15) is 0 Å². The van der Waals surface area contributed by atoms with Gasteiger partial charge in [0.15, 0.2) is 4.90 Å². The van der Waals surface area contributed by atoms with Gasteiger partial charge in [0.2, 0.25) is 10.0 Å². The Morgan fingerprint density at radius 2 is 2.00 bits per heavy atom. The number of nitrogens with zero attached hydrogens (tertiary/aromatic N) is 1. The first-order valence-electron chi connectivity index (χ1n) is 6.49. The van der Waals surface area contributed by atoms with Gasteiger partial charge in [-0.1, -0.05) is 0 Å². The van der Waals surface area contributed by atoms with Crippen LogP contribution in [0, 0.1) is 22.0 Å². The van der Waals surface area contributed by atoms with Crippen LogP contribution in [0.15, 0.2) is 23.1 Å². The molecular weight excluding hydrogens is 334 g/mol. The number of benzene rings is 1. The van der Waals surface area contributed by atoms with Crippen LogP contribution in [0.2, 0.25) is 0 Å². The summed E-state index contributed by atoms with van der Waals surface area (Å²) in [5.41, 5.74) is -0.481. The highest BCUT2D eigenvalue weighted by Crippen LogP contribution is 2.43. The molecule has 122 valence electrons. The molecule has 2 fully saturated rings. The lowest BCUT2D eigenvalue weighted by Crippen LogP contribution is -2.32. The van der Waals surface area contributed by atoms with Crippen LogP contribution in [0.25, 0.3) is 0 Å². The number of nitro benzene ring substituents is 1. The third kappa shape index (κ3) is 2.89. The highest BCUT2D eigenvalue weighted by atomic mass is 35.5. The van der Waals surface area contributed by atoms with Gasteiger partial charge in [-0.05, 0) is 37.1 Å². The Kier molecular flexibility index (Phi) is 4.62. The van der Waals surface area contributed by atoms with Crippen LogP contribution in [-0.2, 0) is 10.0 Å². The van der Waals surface area contributed by atoms with Crippen molar-refractivity contribution >= 4 is 28.1 Å². The third-order valence-electron chi connectivity index (χ3n) is 4.04. The van der Waals surface area contributed by atoms with Crippen LogP contribution in [0.3, 0.4) is 0 Å². The van der Waals surface area contributed by atoms with Crippen molar-refractivity contribution in [2.75, 3.05) is 20.2 Å². The summed E-state index contributed by atoms with van der Waals surface area (Å²) < 4.78 is 32.2. The molecule has 2 N–H and O–H groups in total. The maximum atomic E-state index is 12.4. The second-order valence-corrected chi connectivity index (χ2v) is 6.91. The SMILES string of the molecule is COc1ccc(S(=O)(=O)NC2C3CNCC32)c([N+](=O)[O-])c1.Cl. The van der Waals surface area contributed by atoms with Crippen molar-refractivity contribution in [2.45, 2.75) is 10.9 Å². The van der Waals surface area contributed by atoms with Crippen molar-refractivity contribution in [1.29, 1.82) is 0 Å². The Balaban J connectivity index is 0.00000176. The van der Waals surface area contributed by atoms with Gasteiger partial charge >= 0.3 is 0 Å². The van der Waals surface area contributed by atoms with Gasteiger partial charge in [-0.15, -0.1) is 12.4 Å². The summed E-state index contributed by atoms with van der Waals surface area (Å²) in [6.45, 7) is 1.56. The van der Waals surface area contributed by atoms with Crippen molar-refractivity contribution in [1.82, 2.24) is 10.0 Å². The van der Waals surface area contributed by atoms with E-state index >= 15 is 0 Å². The predicted molar refractivity (Wildman–Crippen MR) is 80.9 cm³/mol. The quantitative estimate of drug-likeness (QED) is 0.592. The molecule has 0 aromatic heterocycles. The van der Waals surface area contributed by atoms with Gasteiger partial charge in [-0.3, -0.25) is 10.1 Å². The summed E-state index contributed by atoms with van der Waals surface area (Å²) in [6.07, 6.45) is 0. The van der Waals surface area contributed by atoms with E-state index in [1.807, 2.05) is 0 Å². The second kappa shape index (κ2) is 5.99. The zero-order valence-electron chi connectivity index (χ0n) is 11.7. The Hall–Kier alpha value is -1.42. The molecule has 1 heterocycles. The normalized spacial score (nSPS) is 26.0. The molecule has 10 heteroatoms. The van der Waals surface area contributed by atoms with E-state index in [1.165, 1.54) is 19.2 Å². The molecule has 8 nitrogen and oxygen atoms in total. The molecule has 2 unspecified atom stereocenters. The van der Waals surface area contributed by atoms with E-state index in [0.29, 0.717) is 0 Å². The number of methoxy groups -OCH3 is 1. The van der Waals surface area contributed by atoms with Gasteiger partial charge < -0.3 is 10.1 Å². The minimum Gasteiger partial charge on any atom is -0.497 e. The Labute approximate surface area is 133 Å². The Morgan fingerprint density at radius 3 is 2.55 bits per heavy atom. The summed E-state index contributed by atoms with van der Waals surface area (Å²) in [5, 5.41) is 14.2. The maximum Gasteiger partial charge on any atom is 0.293 e. The molecule has 2 atom stereocenters. The van der Waals surface area contributed by atoms with Crippen molar-refractivity contribution in [3.8, 4) is 5.75 Å². The van der Waals surface area contributed by atoms with Gasteiger partial charge in [0.1, 0.15) is 5.75 Å². The number of sulfonamides is 1. The predicted octanol–water partition coefficient (Wildman–Crippen LogP) is 0.521. The molecule has 22 heavy (non-hydrogen) atoms. The van der Waals surface area contributed by atoms with Crippen LogP contribution in [-0.4, -0.2) is 39.6 Å². The molecule has 0 spiro atoms. The fraction of sp³-hybridized carbons (Fsp3) is 0.500. The minimum absolute atomic E-state index is 0. The summed E-state index contributed by atoms with van der Waals surface area (Å²) in [7, 11) is -2.55. The number of halogens is 1. The molecule has 1 aliphatic heterocycles. The standard InChI is InChI=1S/C12H15N3O5S.ClH/c1-20-7-2-3-11(10(4-7)15(16)17)21(18,19)14-12-8-5-13-6-9(8)12;/h2-4,8-9,12-14H,5-6H2,1H3;1H. The van der Waals surface area contributed by atoms with Gasteiger partial charge in [0.05, 0.1) is 18.1 Å². The molecule has 1 aromatic carbocycles. The first kappa shape index (κ1) is 16.9. The fourth-order valence-corrected chi connectivity index (χ4v) is 4.32. The number of piperidine rings is 1. The van der Waals surface area contributed by atoms with Gasteiger partial charge in [0, 0.05) is 6.04 Å². The molecule has 2 aliphatic rings. The summed E-state index contributed by atoms with van der Waals surface area (Å²) >= 11 is 0. The first-order valence-corrected chi connectivity index (χ1v) is 7.98. The first-order chi connectivity index (χ1) is 9.94. The van der Waals surface area contributed by atoms with E-state index in [-0.39, 0.29) is 40.9 Å². The van der Waals surface area contributed by atoms with Crippen molar-refractivity contribution < 1.29 is 18.1 Å². The van der Waals surface area contributed by atoms with E-state index in [1.54, 1.807) is 0 Å². The Bertz CT molecular complexity index is 686. The van der Waals surface area contributed by atoms with Crippen molar-refractivity contribution in [2.24, 2.45) is 11.8 Å². The number of fused-ring (bicyclic) bond motifs is 1. The number of rotatable bonds is 5. The highest BCUT2D eigenvalue weighted by Gasteiger charge is 2.54. The molecule has 1 aromatic rings. The fourth-order valence-electron chi connectivity index (χ4n) is 2.83. The summed E-state index contributed by atoms with van der Waals surface area (Å²) in [5.74, 6) is 0.822. The number of hydrogen-bond acceptors (Lipinski definition) is 6. The van der Waals surface area contributed by atoms with E-state index in [9.17, 15) is 18.5 Å². The van der Waals surface area contributed by atoms with E-state index in [0.717, 1.165) is 19.2 Å². The number of hydrogen-bond donors (Lipinski definition) is 2. The smallest absolute Gasteiger partial charge is 0.293 e. The third-order valence-corrected chi connectivity index (χ3v) is 5.54. The number of ether oxygens (including phenoxy) is 1. The van der Waals surface area contributed by atoms with E-state index in [2.05, 4.69) is 10.0 Å². The van der Waals surface area contributed by atoms with E-state index in [4.69, 9.17) is 4.74 Å². The molecular formula is C12H16ClN3O5S. The molecule has 1 saturated carbocycles. The molecule has 0 amide bonds. The lowest BCUT2D eigenvalue weighted by atomic mass is 10.3. The average Bonchev–Trinajstić information content (AvgIpc) is 2.89. The highest BCUT2D eigenvalue weighted by molar-refractivity contribution is 7.89. The Morgan fingerprint density at radius 1 is 1.36 bits per heavy atom.